The minimum atomic E-state index is -0.507. The monoisotopic (exact) mass is 426 g/mol. The standard InChI is InChI=1S/C25H34N2O2S/c1-5-20(3)26-25(29)21(4)27(17-22-13-11-19(2)12-14-22)24(28)15-16-30-18-23-9-7-6-8-10-23/h6-14,20-21H,5,15-18H2,1-4H3,(H,26,29)/t20-,21+/m0/s1. The van der Waals surface area contributed by atoms with Crippen molar-refractivity contribution in [2.75, 3.05) is 5.75 Å². The Morgan fingerprint density at radius 2 is 1.67 bits per heavy atom. The summed E-state index contributed by atoms with van der Waals surface area (Å²) in [6, 6.07) is 18.0. The van der Waals surface area contributed by atoms with Crippen molar-refractivity contribution in [3.05, 3.63) is 71.3 Å². The Bertz CT molecular complexity index is 793. The van der Waals surface area contributed by atoms with Gasteiger partial charge in [0.05, 0.1) is 0 Å². The van der Waals surface area contributed by atoms with Crippen molar-refractivity contribution >= 4 is 23.6 Å². The van der Waals surface area contributed by atoms with Crippen LogP contribution in [0.15, 0.2) is 54.6 Å². The molecule has 162 valence electrons. The van der Waals surface area contributed by atoms with E-state index < -0.39 is 6.04 Å². The van der Waals surface area contributed by atoms with Crippen LogP contribution in [0.3, 0.4) is 0 Å². The van der Waals surface area contributed by atoms with E-state index in [0.29, 0.717) is 13.0 Å². The third-order valence-electron chi connectivity index (χ3n) is 5.21. The summed E-state index contributed by atoms with van der Waals surface area (Å²) in [5.41, 5.74) is 3.47. The maximum atomic E-state index is 13.1. The molecule has 0 saturated heterocycles. The Balaban J connectivity index is 2.00. The summed E-state index contributed by atoms with van der Waals surface area (Å²) in [7, 11) is 0. The molecule has 30 heavy (non-hydrogen) atoms. The average Bonchev–Trinajstić information content (AvgIpc) is 2.76. The van der Waals surface area contributed by atoms with Crippen LogP contribution in [-0.4, -0.2) is 34.6 Å². The van der Waals surface area contributed by atoms with Gasteiger partial charge < -0.3 is 10.2 Å². The smallest absolute Gasteiger partial charge is 0.242 e. The summed E-state index contributed by atoms with van der Waals surface area (Å²) in [6.45, 7) is 8.32. The summed E-state index contributed by atoms with van der Waals surface area (Å²) in [4.78, 5) is 27.5. The minimum Gasteiger partial charge on any atom is -0.352 e. The van der Waals surface area contributed by atoms with Crippen molar-refractivity contribution in [3.8, 4) is 0 Å². The van der Waals surface area contributed by atoms with E-state index in [9.17, 15) is 9.59 Å². The van der Waals surface area contributed by atoms with Gasteiger partial charge in [0.1, 0.15) is 6.04 Å². The number of amides is 2. The number of hydrogen-bond acceptors (Lipinski definition) is 3. The molecule has 0 spiro atoms. The van der Waals surface area contributed by atoms with E-state index in [4.69, 9.17) is 0 Å². The van der Waals surface area contributed by atoms with Crippen molar-refractivity contribution in [1.29, 1.82) is 0 Å². The lowest BCUT2D eigenvalue weighted by molar-refractivity contribution is -0.140. The maximum absolute atomic E-state index is 13.1. The van der Waals surface area contributed by atoms with E-state index in [1.54, 1.807) is 16.7 Å². The Labute approximate surface area is 185 Å². The molecule has 0 aromatic heterocycles. The molecule has 0 aliphatic rings. The van der Waals surface area contributed by atoms with Crippen molar-refractivity contribution in [3.63, 3.8) is 0 Å². The van der Waals surface area contributed by atoms with Gasteiger partial charge in [0.25, 0.3) is 0 Å². The quantitative estimate of drug-likeness (QED) is 0.517. The summed E-state index contributed by atoms with van der Waals surface area (Å²) >= 11 is 1.75. The highest BCUT2D eigenvalue weighted by Crippen LogP contribution is 2.16. The van der Waals surface area contributed by atoms with E-state index in [0.717, 1.165) is 23.5 Å². The molecule has 0 fully saturated rings. The second kappa shape index (κ2) is 12.4. The summed E-state index contributed by atoms with van der Waals surface area (Å²) in [6.07, 6.45) is 1.28. The van der Waals surface area contributed by atoms with Crippen LogP contribution in [0.2, 0.25) is 0 Å². The lowest BCUT2D eigenvalue weighted by Crippen LogP contribution is -2.49. The summed E-state index contributed by atoms with van der Waals surface area (Å²) < 4.78 is 0. The van der Waals surface area contributed by atoms with E-state index in [-0.39, 0.29) is 17.9 Å². The van der Waals surface area contributed by atoms with Crippen molar-refractivity contribution < 1.29 is 9.59 Å². The van der Waals surface area contributed by atoms with Crippen LogP contribution in [0.25, 0.3) is 0 Å². The highest BCUT2D eigenvalue weighted by molar-refractivity contribution is 7.98. The fourth-order valence-electron chi connectivity index (χ4n) is 3.01. The predicted octanol–water partition coefficient (Wildman–Crippen LogP) is 4.95. The third kappa shape index (κ3) is 7.86. The molecule has 2 amide bonds. The van der Waals surface area contributed by atoms with E-state index >= 15 is 0 Å². The number of benzene rings is 2. The second-order valence-electron chi connectivity index (χ2n) is 7.79. The van der Waals surface area contributed by atoms with Gasteiger partial charge in [-0.3, -0.25) is 9.59 Å². The van der Waals surface area contributed by atoms with Crippen molar-refractivity contribution in [2.45, 2.75) is 64.9 Å². The highest BCUT2D eigenvalue weighted by atomic mass is 32.2. The fraction of sp³-hybridized carbons (Fsp3) is 0.440. The molecule has 2 aromatic rings. The van der Waals surface area contributed by atoms with Crippen LogP contribution in [0.4, 0.5) is 0 Å². The molecule has 2 rings (SSSR count). The molecule has 2 aromatic carbocycles. The fourth-order valence-corrected chi connectivity index (χ4v) is 3.90. The van der Waals surface area contributed by atoms with Gasteiger partial charge in [-0.25, -0.2) is 0 Å². The van der Waals surface area contributed by atoms with Crippen LogP contribution in [0.1, 0.15) is 50.3 Å². The van der Waals surface area contributed by atoms with Gasteiger partial charge in [-0.2, -0.15) is 11.8 Å². The molecule has 2 atom stereocenters. The van der Waals surface area contributed by atoms with E-state index in [1.165, 1.54) is 11.1 Å². The van der Waals surface area contributed by atoms with Crippen molar-refractivity contribution in [2.24, 2.45) is 0 Å². The van der Waals surface area contributed by atoms with Gasteiger partial charge in [-0.15, -0.1) is 0 Å². The lowest BCUT2D eigenvalue weighted by atomic mass is 10.1. The van der Waals surface area contributed by atoms with Gasteiger partial charge >= 0.3 is 0 Å². The number of nitrogens with zero attached hydrogens (tertiary/aromatic N) is 1. The van der Waals surface area contributed by atoms with Crippen LogP contribution in [0, 0.1) is 6.92 Å². The Kier molecular flexibility index (Phi) is 9.95. The number of rotatable bonds is 11. The van der Waals surface area contributed by atoms with Gasteiger partial charge in [-0.1, -0.05) is 67.1 Å². The SMILES string of the molecule is CC[C@H](C)NC(=O)[C@@H](C)N(Cc1ccc(C)cc1)C(=O)CCSCc1ccccc1. The number of carbonyl (C=O) groups excluding carboxylic acids is 2. The molecule has 0 bridgehead atoms. The molecule has 0 aliphatic carbocycles. The Hall–Kier alpha value is -2.27. The molecule has 0 aliphatic heterocycles. The largest absolute Gasteiger partial charge is 0.352 e. The third-order valence-corrected chi connectivity index (χ3v) is 6.24. The van der Waals surface area contributed by atoms with Gasteiger partial charge in [-0.05, 0) is 38.3 Å². The molecule has 0 radical (unpaired) electrons. The number of nitrogens with one attached hydrogen (secondary N) is 1. The first-order valence-corrected chi connectivity index (χ1v) is 11.8. The number of aryl methyl sites for hydroxylation is 1. The zero-order chi connectivity index (χ0) is 21.9. The van der Waals surface area contributed by atoms with Crippen LogP contribution >= 0.6 is 11.8 Å². The molecular formula is C25H34N2O2S. The van der Waals surface area contributed by atoms with E-state index in [1.807, 2.05) is 70.2 Å². The maximum Gasteiger partial charge on any atom is 0.242 e. The van der Waals surface area contributed by atoms with Crippen molar-refractivity contribution in [1.82, 2.24) is 10.2 Å². The molecule has 1 N–H and O–H groups in total. The number of hydrogen-bond donors (Lipinski definition) is 1. The second-order valence-corrected chi connectivity index (χ2v) is 8.89. The molecule has 5 heteroatoms. The first-order valence-electron chi connectivity index (χ1n) is 10.7. The molecule has 0 unspecified atom stereocenters. The minimum absolute atomic E-state index is 0.0166. The van der Waals surface area contributed by atoms with Gasteiger partial charge in [0, 0.05) is 30.5 Å². The number of carbonyl (C=O) groups is 2. The average molecular weight is 427 g/mol. The van der Waals surface area contributed by atoms with E-state index in [2.05, 4.69) is 17.4 Å². The van der Waals surface area contributed by atoms with Gasteiger partial charge in [0.15, 0.2) is 0 Å². The predicted molar refractivity (Wildman–Crippen MR) is 126 cm³/mol. The molecular weight excluding hydrogens is 392 g/mol. The zero-order valence-electron chi connectivity index (χ0n) is 18.6. The van der Waals surface area contributed by atoms with Crippen LogP contribution in [0.5, 0.6) is 0 Å². The normalized spacial score (nSPS) is 12.8. The Morgan fingerprint density at radius 3 is 2.30 bits per heavy atom. The molecule has 0 saturated carbocycles. The highest BCUT2D eigenvalue weighted by Gasteiger charge is 2.26. The molecule has 0 heterocycles. The summed E-state index contributed by atoms with van der Waals surface area (Å²) in [5.74, 6) is 1.54. The number of thioether (sulfide) groups is 1. The topological polar surface area (TPSA) is 49.4 Å². The Morgan fingerprint density at radius 1 is 1.00 bits per heavy atom. The lowest BCUT2D eigenvalue weighted by Gasteiger charge is -2.29. The van der Waals surface area contributed by atoms with Gasteiger partial charge in [0.2, 0.25) is 11.8 Å². The van der Waals surface area contributed by atoms with Crippen LogP contribution in [-0.2, 0) is 21.9 Å². The first-order chi connectivity index (χ1) is 14.4. The van der Waals surface area contributed by atoms with Crippen LogP contribution < -0.4 is 5.32 Å². The molecule has 4 nitrogen and oxygen atoms in total. The zero-order valence-corrected chi connectivity index (χ0v) is 19.4. The first kappa shape index (κ1) is 24.0. The summed E-state index contributed by atoms with van der Waals surface area (Å²) in [5, 5.41) is 3.01.